The molecule has 6 nitrogen and oxygen atoms in total. The van der Waals surface area contributed by atoms with Gasteiger partial charge in [-0.1, -0.05) is 19.8 Å². The monoisotopic (exact) mass is 359 g/mol. The van der Waals surface area contributed by atoms with E-state index in [9.17, 15) is 4.79 Å². The third-order valence-electron chi connectivity index (χ3n) is 5.87. The largest absolute Gasteiger partial charge is 0.363 e. The van der Waals surface area contributed by atoms with E-state index in [1.165, 1.54) is 19.3 Å². The van der Waals surface area contributed by atoms with Crippen molar-refractivity contribution in [2.75, 3.05) is 37.0 Å². The fraction of sp³-hybridized carbons (Fsp3) is 0.750. The maximum atomic E-state index is 12.7. The van der Waals surface area contributed by atoms with E-state index in [0.29, 0.717) is 12.0 Å². The molecule has 0 spiro atoms. The molecule has 1 N–H and O–H groups in total. The van der Waals surface area contributed by atoms with Crippen molar-refractivity contribution < 1.29 is 4.79 Å². The molecule has 0 radical (unpaired) electrons. The Balaban J connectivity index is 1.56. The molecule has 2 fully saturated rings. The molecule has 6 heteroatoms. The summed E-state index contributed by atoms with van der Waals surface area (Å²) in [4.78, 5) is 26.2. The minimum absolute atomic E-state index is 0.124. The second-order valence-corrected chi connectivity index (χ2v) is 8.20. The molecule has 144 valence electrons. The number of hydrogen-bond acceptors (Lipinski definition) is 5. The van der Waals surface area contributed by atoms with Crippen LogP contribution in [0.15, 0.2) is 6.07 Å². The van der Waals surface area contributed by atoms with Crippen molar-refractivity contribution in [1.29, 1.82) is 0 Å². The third-order valence-corrected chi connectivity index (χ3v) is 5.87. The molecular weight excluding hydrogens is 326 g/mol. The van der Waals surface area contributed by atoms with Crippen LogP contribution >= 0.6 is 0 Å². The fourth-order valence-electron chi connectivity index (χ4n) is 4.08. The smallest absolute Gasteiger partial charge is 0.227 e. The van der Waals surface area contributed by atoms with E-state index in [4.69, 9.17) is 0 Å². The molecule has 2 unspecified atom stereocenters. The van der Waals surface area contributed by atoms with Crippen molar-refractivity contribution in [3.8, 4) is 0 Å². The van der Waals surface area contributed by atoms with Gasteiger partial charge in [-0.25, -0.2) is 4.98 Å². The van der Waals surface area contributed by atoms with Crippen molar-refractivity contribution in [3.63, 3.8) is 0 Å². The summed E-state index contributed by atoms with van der Waals surface area (Å²) in [6.07, 6.45) is 6.67. The highest BCUT2D eigenvalue weighted by atomic mass is 16.2. The summed E-state index contributed by atoms with van der Waals surface area (Å²) < 4.78 is 0. The standard InChI is InChI=1S/C20H33N5O/c1-14-7-5-6-8-17(14)22-19(26)16-9-11-25(12-10-16)20-21-15(2)13-18(23-20)24(3)4/h13-14,16-17H,5-12H2,1-4H3,(H,22,26). The zero-order valence-corrected chi connectivity index (χ0v) is 16.7. The molecule has 1 aliphatic heterocycles. The molecule has 1 aromatic rings. The number of hydrogen-bond donors (Lipinski definition) is 1. The van der Waals surface area contributed by atoms with Crippen LogP contribution in [0.1, 0.15) is 51.1 Å². The van der Waals surface area contributed by atoms with Crippen LogP contribution in [-0.4, -0.2) is 49.1 Å². The first-order chi connectivity index (χ1) is 12.4. The Morgan fingerprint density at radius 3 is 2.50 bits per heavy atom. The number of carbonyl (C=O) groups excluding carboxylic acids is 1. The van der Waals surface area contributed by atoms with Crippen LogP contribution in [0.3, 0.4) is 0 Å². The lowest BCUT2D eigenvalue weighted by atomic mass is 9.85. The van der Waals surface area contributed by atoms with Gasteiger partial charge in [-0.15, -0.1) is 0 Å². The van der Waals surface area contributed by atoms with Crippen LogP contribution in [0.25, 0.3) is 0 Å². The normalized spacial score (nSPS) is 24.4. The molecule has 1 amide bonds. The summed E-state index contributed by atoms with van der Waals surface area (Å²) in [6.45, 7) is 5.96. The van der Waals surface area contributed by atoms with Gasteiger partial charge in [0.05, 0.1) is 0 Å². The molecule has 1 aliphatic carbocycles. The molecule has 1 saturated heterocycles. The maximum absolute atomic E-state index is 12.7. The lowest BCUT2D eigenvalue weighted by molar-refractivity contribution is -0.126. The zero-order valence-electron chi connectivity index (χ0n) is 16.7. The number of aryl methyl sites for hydroxylation is 1. The van der Waals surface area contributed by atoms with Crippen molar-refractivity contribution >= 4 is 17.7 Å². The Labute approximate surface area is 157 Å². The van der Waals surface area contributed by atoms with Gasteiger partial charge in [0, 0.05) is 50.9 Å². The van der Waals surface area contributed by atoms with Gasteiger partial charge in [-0.05, 0) is 38.5 Å². The van der Waals surface area contributed by atoms with E-state index in [-0.39, 0.29) is 11.8 Å². The predicted octanol–water partition coefficient (Wildman–Crippen LogP) is 2.76. The summed E-state index contributed by atoms with van der Waals surface area (Å²) in [5.41, 5.74) is 0.977. The van der Waals surface area contributed by atoms with E-state index in [1.807, 2.05) is 32.0 Å². The van der Waals surface area contributed by atoms with Gasteiger partial charge in [0.25, 0.3) is 0 Å². The fourth-order valence-corrected chi connectivity index (χ4v) is 4.08. The molecule has 0 bridgehead atoms. The minimum atomic E-state index is 0.124. The topological polar surface area (TPSA) is 61.4 Å². The first-order valence-electron chi connectivity index (χ1n) is 10.0. The van der Waals surface area contributed by atoms with Gasteiger partial charge < -0.3 is 15.1 Å². The summed E-state index contributed by atoms with van der Waals surface area (Å²) >= 11 is 0. The Bertz CT molecular complexity index is 625. The SMILES string of the molecule is Cc1cc(N(C)C)nc(N2CCC(C(=O)NC3CCCCC3C)CC2)n1. The molecule has 2 aliphatic rings. The first kappa shape index (κ1) is 18.9. The van der Waals surface area contributed by atoms with E-state index >= 15 is 0 Å². The molecule has 26 heavy (non-hydrogen) atoms. The Hall–Kier alpha value is -1.85. The second kappa shape index (κ2) is 8.23. The molecule has 3 rings (SSSR count). The third kappa shape index (κ3) is 4.46. The van der Waals surface area contributed by atoms with E-state index in [0.717, 1.165) is 49.8 Å². The van der Waals surface area contributed by atoms with Gasteiger partial charge in [-0.2, -0.15) is 4.98 Å². The summed E-state index contributed by atoms with van der Waals surface area (Å²) in [5.74, 6) is 2.70. The number of nitrogens with zero attached hydrogens (tertiary/aromatic N) is 4. The number of amides is 1. The van der Waals surface area contributed by atoms with Crippen LogP contribution in [0.4, 0.5) is 11.8 Å². The average Bonchev–Trinajstić information content (AvgIpc) is 2.63. The van der Waals surface area contributed by atoms with Gasteiger partial charge in [0.2, 0.25) is 11.9 Å². The van der Waals surface area contributed by atoms with Crippen LogP contribution < -0.4 is 15.1 Å². The van der Waals surface area contributed by atoms with Crippen LogP contribution in [0.2, 0.25) is 0 Å². The van der Waals surface area contributed by atoms with Gasteiger partial charge in [0.15, 0.2) is 0 Å². The van der Waals surface area contributed by atoms with Crippen molar-refractivity contribution in [3.05, 3.63) is 11.8 Å². The quantitative estimate of drug-likeness (QED) is 0.896. The Morgan fingerprint density at radius 2 is 1.85 bits per heavy atom. The molecule has 1 aromatic heterocycles. The predicted molar refractivity (Wildman–Crippen MR) is 106 cm³/mol. The van der Waals surface area contributed by atoms with Crippen molar-refractivity contribution in [1.82, 2.24) is 15.3 Å². The number of aromatic nitrogens is 2. The van der Waals surface area contributed by atoms with Crippen LogP contribution in [0, 0.1) is 18.8 Å². The highest BCUT2D eigenvalue weighted by molar-refractivity contribution is 5.79. The number of nitrogens with one attached hydrogen (secondary N) is 1. The van der Waals surface area contributed by atoms with Crippen molar-refractivity contribution in [2.45, 2.75) is 58.4 Å². The lowest BCUT2D eigenvalue weighted by Crippen LogP contribution is -2.47. The first-order valence-corrected chi connectivity index (χ1v) is 10.0. The van der Waals surface area contributed by atoms with Crippen LogP contribution in [0.5, 0.6) is 0 Å². The highest BCUT2D eigenvalue weighted by Gasteiger charge is 2.30. The summed E-state index contributed by atoms with van der Waals surface area (Å²) in [5, 5.41) is 3.33. The second-order valence-electron chi connectivity index (χ2n) is 8.20. The van der Waals surface area contributed by atoms with E-state index < -0.39 is 0 Å². The van der Waals surface area contributed by atoms with Crippen molar-refractivity contribution in [2.24, 2.45) is 11.8 Å². The zero-order chi connectivity index (χ0) is 18.7. The maximum Gasteiger partial charge on any atom is 0.227 e. The molecule has 0 aromatic carbocycles. The Morgan fingerprint density at radius 1 is 1.15 bits per heavy atom. The van der Waals surface area contributed by atoms with Gasteiger partial charge in [0.1, 0.15) is 5.82 Å². The van der Waals surface area contributed by atoms with Crippen LogP contribution in [-0.2, 0) is 4.79 Å². The number of piperidine rings is 1. The Kier molecular flexibility index (Phi) is 5.99. The van der Waals surface area contributed by atoms with Gasteiger partial charge in [-0.3, -0.25) is 4.79 Å². The lowest BCUT2D eigenvalue weighted by Gasteiger charge is -2.34. The molecule has 2 atom stereocenters. The summed E-state index contributed by atoms with van der Waals surface area (Å²) in [7, 11) is 3.99. The minimum Gasteiger partial charge on any atom is -0.363 e. The van der Waals surface area contributed by atoms with E-state index in [1.54, 1.807) is 0 Å². The summed E-state index contributed by atoms with van der Waals surface area (Å²) in [6, 6.07) is 2.37. The highest BCUT2D eigenvalue weighted by Crippen LogP contribution is 2.26. The molecular formula is C20H33N5O. The molecule has 2 heterocycles. The van der Waals surface area contributed by atoms with E-state index in [2.05, 4.69) is 27.1 Å². The van der Waals surface area contributed by atoms with Gasteiger partial charge >= 0.3 is 0 Å². The number of carbonyl (C=O) groups is 1. The number of anilines is 2. The number of rotatable bonds is 4. The average molecular weight is 360 g/mol. The molecule has 1 saturated carbocycles.